The smallest absolute Gasteiger partial charge is 0.0554 e. The van der Waals surface area contributed by atoms with Crippen LogP contribution in [0, 0.1) is 0 Å². The van der Waals surface area contributed by atoms with Crippen molar-refractivity contribution in [1.82, 2.24) is 0 Å². The maximum absolute atomic E-state index is 6.52. The van der Waals surface area contributed by atoms with Crippen LogP contribution in [0.4, 0.5) is 17.1 Å². The van der Waals surface area contributed by atoms with Gasteiger partial charge in [0.15, 0.2) is 0 Å². The van der Waals surface area contributed by atoms with Crippen molar-refractivity contribution < 1.29 is 0 Å². The minimum Gasteiger partial charge on any atom is -0.310 e. The van der Waals surface area contributed by atoms with Crippen molar-refractivity contribution in [3.05, 3.63) is 126 Å². The number of rotatable bonds is 4. The summed E-state index contributed by atoms with van der Waals surface area (Å²) in [7, 11) is 0. The molecular weight excluding hydrogens is 386 g/mol. The summed E-state index contributed by atoms with van der Waals surface area (Å²) in [5.41, 5.74) is 5.66. The van der Waals surface area contributed by atoms with Gasteiger partial charge in [0, 0.05) is 21.8 Å². The van der Waals surface area contributed by atoms with E-state index in [-0.39, 0.29) is 0 Å². The van der Waals surface area contributed by atoms with E-state index in [1.165, 1.54) is 11.1 Å². The Hall–Kier alpha value is -3.55. The molecule has 5 aromatic rings. The molecule has 0 heterocycles. The first-order chi connectivity index (χ1) is 14.8. The molecule has 144 valence electrons. The van der Waals surface area contributed by atoms with Gasteiger partial charge in [-0.3, -0.25) is 0 Å². The van der Waals surface area contributed by atoms with Crippen LogP contribution in [-0.4, -0.2) is 0 Å². The van der Waals surface area contributed by atoms with Crippen molar-refractivity contribution in [2.45, 2.75) is 0 Å². The summed E-state index contributed by atoms with van der Waals surface area (Å²) in [6, 6.07) is 42.0. The summed E-state index contributed by atoms with van der Waals surface area (Å²) in [4.78, 5) is 2.27. The zero-order valence-corrected chi connectivity index (χ0v) is 17.1. The van der Waals surface area contributed by atoms with Gasteiger partial charge in [-0.2, -0.15) is 0 Å². The molecule has 30 heavy (non-hydrogen) atoms. The molecule has 0 bridgehead atoms. The SMILES string of the molecule is Clc1cc(N(c2ccccc2)c2ccc(-c3ccccc3)cc2)c2ccccc2c1. The van der Waals surface area contributed by atoms with E-state index >= 15 is 0 Å². The first kappa shape index (κ1) is 18.5. The normalized spacial score (nSPS) is 10.8. The number of hydrogen-bond acceptors (Lipinski definition) is 1. The Morgan fingerprint density at radius 3 is 1.80 bits per heavy atom. The maximum Gasteiger partial charge on any atom is 0.0554 e. The summed E-state index contributed by atoms with van der Waals surface area (Å²) < 4.78 is 0. The molecule has 0 radical (unpaired) electrons. The van der Waals surface area contributed by atoms with Gasteiger partial charge in [0.1, 0.15) is 0 Å². The number of para-hydroxylation sites is 1. The van der Waals surface area contributed by atoms with Crippen molar-refractivity contribution in [3.8, 4) is 11.1 Å². The molecule has 0 unspecified atom stereocenters. The van der Waals surface area contributed by atoms with Crippen LogP contribution < -0.4 is 4.90 Å². The number of halogens is 1. The van der Waals surface area contributed by atoms with Crippen LogP contribution in [0.25, 0.3) is 21.9 Å². The van der Waals surface area contributed by atoms with Gasteiger partial charge in [0.05, 0.1) is 5.69 Å². The molecule has 0 aliphatic carbocycles. The summed E-state index contributed by atoms with van der Waals surface area (Å²) in [6.45, 7) is 0. The first-order valence-corrected chi connectivity index (χ1v) is 10.4. The summed E-state index contributed by atoms with van der Waals surface area (Å²) in [5.74, 6) is 0. The van der Waals surface area contributed by atoms with Crippen LogP contribution in [-0.2, 0) is 0 Å². The van der Waals surface area contributed by atoms with Crippen LogP contribution in [0.15, 0.2) is 121 Å². The molecule has 0 aliphatic heterocycles. The lowest BCUT2D eigenvalue weighted by Crippen LogP contribution is -2.10. The zero-order chi connectivity index (χ0) is 20.3. The van der Waals surface area contributed by atoms with Crippen molar-refractivity contribution in [3.63, 3.8) is 0 Å². The highest BCUT2D eigenvalue weighted by molar-refractivity contribution is 6.32. The van der Waals surface area contributed by atoms with Crippen LogP contribution in [0.1, 0.15) is 0 Å². The summed E-state index contributed by atoms with van der Waals surface area (Å²) >= 11 is 6.52. The Morgan fingerprint density at radius 1 is 0.500 bits per heavy atom. The average Bonchev–Trinajstić information content (AvgIpc) is 2.81. The second-order valence-electron chi connectivity index (χ2n) is 7.23. The molecule has 0 aromatic heterocycles. The van der Waals surface area contributed by atoms with E-state index in [0.29, 0.717) is 0 Å². The Balaban J connectivity index is 1.68. The molecular formula is C28H20ClN. The van der Waals surface area contributed by atoms with Gasteiger partial charge in [0.25, 0.3) is 0 Å². The van der Waals surface area contributed by atoms with Gasteiger partial charge in [0.2, 0.25) is 0 Å². The number of anilines is 3. The van der Waals surface area contributed by atoms with E-state index in [9.17, 15) is 0 Å². The van der Waals surface area contributed by atoms with Crippen molar-refractivity contribution in [2.75, 3.05) is 4.90 Å². The second kappa shape index (κ2) is 8.06. The molecule has 0 fully saturated rings. The van der Waals surface area contributed by atoms with Gasteiger partial charge < -0.3 is 4.90 Å². The highest BCUT2D eigenvalue weighted by Crippen LogP contribution is 2.40. The lowest BCUT2D eigenvalue weighted by atomic mass is 10.0. The van der Waals surface area contributed by atoms with Gasteiger partial charge in [-0.1, -0.05) is 96.5 Å². The third kappa shape index (κ3) is 3.56. The molecule has 0 N–H and O–H groups in total. The van der Waals surface area contributed by atoms with Crippen molar-refractivity contribution >= 4 is 39.4 Å². The fraction of sp³-hybridized carbons (Fsp3) is 0. The Kier molecular flexibility index (Phi) is 4.96. The van der Waals surface area contributed by atoms with Gasteiger partial charge in [-0.05, 0) is 52.9 Å². The highest BCUT2D eigenvalue weighted by atomic mass is 35.5. The molecule has 5 rings (SSSR count). The van der Waals surface area contributed by atoms with E-state index < -0.39 is 0 Å². The number of nitrogens with zero attached hydrogens (tertiary/aromatic N) is 1. The zero-order valence-electron chi connectivity index (χ0n) is 16.4. The topological polar surface area (TPSA) is 3.24 Å². The molecule has 0 saturated heterocycles. The maximum atomic E-state index is 6.52. The van der Waals surface area contributed by atoms with E-state index in [4.69, 9.17) is 11.6 Å². The standard InChI is InChI=1S/C28H20ClN/c29-24-19-23-11-7-8-14-27(23)28(20-24)30(25-12-5-2-6-13-25)26-17-15-22(16-18-26)21-9-3-1-4-10-21/h1-20H. The minimum absolute atomic E-state index is 0.727. The van der Waals surface area contributed by atoms with Crippen LogP contribution in [0.3, 0.4) is 0 Å². The van der Waals surface area contributed by atoms with Crippen molar-refractivity contribution in [1.29, 1.82) is 0 Å². The fourth-order valence-electron chi connectivity index (χ4n) is 3.88. The third-order valence-electron chi connectivity index (χ3n) is 5.29. The Labute approximate surface area is 181 Å². The van der Waals surface area contributed by atoms with E-state index in [0.717, 1.165) is 32.9 Å². The molecule has 0 atom stereocenters. The van der Waals surface area contributed by atoms with Crippen molar-refractivity contribution in [2.24, 2.45) is 0 Å². The highest BCUT2D eigenvalue weighted by Gasteiger charge is 2.16. The first-order valence-electron chi connectivity index (χ1n) is 9.98. The molecule has 1 nitrogen and oxygen atoms in total. The van der Waals surface area contributed by atoms with E-state index in [2.05, 4.69) is 95.9 Å². The van der Waals surface area contributed by atoms with Crippen LogP contribution in [0.2, 0.25) is 5.02 Å². The third-order valence-corrected chi connectivity index (χ3v) is 5.51. The Morgan fingerprint density at radius 2 is 1.07 bits per heavy atom. The molecule has 5 aromatic carbocycles. The predicted molar refractivity (Wildman–Crippen MR) is 129 cm³/mol. The molecule has 0 aliphatic rings. The Bertz CT molecular complexity index is 1280. The van der Waals surface area contributed by atoms with Crippen LogP contribution in [0.5, 0.6) is 0 Å². The molecule has 0 spiro atoms. The summed E-state index contributed by atoms with van der Waals surface area (Å²) in [5, 5.41) is 3.02. The number of hydrogen-bond donors (Lipinski definition) is 0. The number of fused-ring (bicyclic) bond motifs is 1. The van der Waals surface area contributed by atoms with E-state index in [1.807, 2.05) is 30.3 Å². The molecule has 2 heteroatoms. The number of benzene rings is 5. The second-order valence-corrected chi connectivity index (χ2v) is 7.67. The summed E-state index contributed by atoms with van der Waals surface area (Å²) in [6.07, 6.45) is 0. The lowest BCUT2D eigenvalue weighted by molar-refractivity contribution is 1.30. The van der Waals surface area contributed by atoms with Crippen LogP contribution >= 0.6 is 11.6 Å². The molecule has 0 saturated carbocycles. The average molecular weight is 406 g/mol. The van der Waals surface area contributed by atoms with E-state index in [1.54, 1.807) is 0 Å². The van der Waals surface area contributed by atoms with Gasteiger partial charge >= 0.3 is 0 Å². The quantitative estimate of drug-likeness (QED) is 0.289. The predicted octanol–water partition coefficient (Wildman–Crippen LogP) is 8.63. The van der Waals surface area contributed by atoms with Gasteiger partial charge in [-0.25, -0.2) is 0 Å². The lowest BCUT2D eigenvalue weighted by Gasteiger charge is -2.27. The monoisotopic (exact) mass is 405 g/mol. The fourth-order valence-corrected chi connectivity index (χ4v) is 4.10. The molecule has 0 amide bonds. The van der Waals surface area contributed by atoms with Gasteiger partial charge in [-0.15, -0.1) is 0 Å². The largest absolute Gasteiger partial charge is 0.310 e. The minimum atomic E-state index is 0.727.